The molecule has 1 aliphatic heterocycles. The standard InChI is InChI=1S/C11H18O4.C3H5NO/c1-3-5-6-13-10(4-2)11(12)15-8-9-7-14-9;1-2-3(4)5/h4,9H,3,5-8H2,1-2H3;2H,1H2,(H2,4,5). The van der Waals surface area contributed by atoms with Crippen LogP contribution in [0.5, 0.6) is 0 Å². The summed E-state index contributed by atoms with van der Waals surface area (Å²) in [6.07, 6.45) is 4.77. The lowest BCUT2D eigenvalue weighted by atomic mass is 10.3. The Morgan fingerprint density at radius 1 is 1.45 bits per heavy atom. The van der Waals surface area contributed by atoms with Gasteiger partial charge in [-0.25, -0.2) is 4.79 Å². The van der Waals surface area contributed by atoms with Crippen LogP contribution in [0.4, 0.5) is 0 Å². The molecule has 1 amide bonds. The molecular formula is C14H23NO5. The number of carbonyl (C=O) groups is 2. The second-order valence-electron chi connectivity index (χ2n) is 4.02. The average molecular weight is 285 g/mol. The van der Waals surface area contributed by atoms with Gasteiger partial charge in [-0.2, -0.15) is 0 Å². The van der Waals surface area contributed by atoms with Crippen molar-refractivity contribution in [1.82, 2.24) is 0 Å². The summed E-state index contributed by atoms with van der Waals surface area (Å²) in [4.78, 5) is 20.9. The second-order valence-corrected chi connectivity index (χ2v) is 4.02. The van der Waals surface area contributed by atoms with Crippen LogP contribution >= 0.6 is 0 Å². The molecule has 0 spiro atoms. The van der Waals surface area contributed by atoms with Crippen molar-refractivity contribution in [2.75, 3.05) is 19.8 Å². The van der Waals surface area contributed by atoms with Crippen molar-refractivity contribution in [3.8, 4) is 0 Å². The molecule has 0 aliphatic carbocycles. The minimum atomic E-state index is -0.481. The maximum atomic E-state index is 11.4. The Morgan fingerprint density at radius 3 is 2.45 bits per heavy atom. The number of primary amides is 1. The smallest absolute Gasteiger partial charge is 0.373 e. The van der Waals surface area contributed by atoms with Crippen molar-refractivity contribution >= 4 is 11.9 Å². The molecule has 6 nitrogen and oxygen atoms in total. The van der Waals surface area contributed by atoms with Crippen LogP contribution in [0.2, 0.25) is 0 Å². The molecule has 0 aromatic heterocycles. The third-order valence-electron chi connectivity index (χ3n) is 2.22. The van der Waals surface area contributed by atoms with E-state index in [0.29, 0.717) is 25.6 Å². The van der Waals surface area contributed by atoms with Crippen LogP contribution in [0, 0.1) is 0 Å². The lowest BCUT2D eigenvalue weighted by Gasteiger charge is -2.08. The first-order chi connectivity index (χ1) is 9.54. The van der Waals surface area contributed by atoms with E-state index in [2.05, 4.69) is 19.2 Å². The summed E-state index contributed by atoms with van der Waals surface area (Å²) in [5.74, 6) is -0.585. The molecule has 1 fully saturated rings. The zero-order chi connectivity index (χ0) is 15.4. The van der Waals surface area contributed by atoms with Gasteiger partial charge in [0.05, 0.1) is 13.2 Å². The van der Waals surface area contributed by atoms with E-state index in [1.165, 1.54) is 0 Å². The van der Waals surface area contributed by atoms with Crippen molar-refractivity contribution in [3.05, 3.63) is 24.5 Å². The van der Waals surface area contributed by atoms with E-state index in [-0.39, 0.29) is 6.10 Å². The van der Waals surface area contributed by atoms with Crippen LogP contribution < -0.4 is 5.73 Å². The number of rotatable bonds is 8. The van der Waals surface area contributed by atoms with Gasteiger partial charge in [0.25, 0.3) is 0 Å². The quantitative estimate of drug-likeness (QED) is 0.239. The van der Waals surface area contributed by atoms with Crippen LogP contribution in [-0.2, 0) is 23.8 Å². The number of epoxide rings is 1. The molecule has 114 valence electrons. The van der Waals surface area contributed by atoms with Gasteiger partial charge in [-0.3, -0.25) is 4.79 Å². The van der Waals surface area contributed by atoms with E-state index >= 15 is 0 Å². The fourth-order valence-electron chi connectivity index (χ4n) is 0.991. The molecule has 0 radical (unpaired) electrons. The van der Waals surface area contributed by atoms with Crippen LogP contribution in [0.15, 0.2) is 24.5 Å². The van der Waals surface area contributed by atoms with Crippen LogP contribution in [-0.4, -0.2) is 37.8 Å². The Hall–Kier alpha value is -1.82. The number of ether oxygens (including phenoxy) is 3. The largest absolute Gasteiger partial charge is 0.487 e. The van der Waals surface area contributed by atoms with Gasteiger partial charge in [0.1, 0.15) is 12.7 Å². The molecule has 1 rings (SSSR count). The summed E-state index contributed by atoms with van der Waals surface area (Å²) >= 11 is 0. The summed E-state index contributed by atoms with van der Waals surface area (Å²) in [6.45, 7) is 8.49. The molecule has 0 saturated carbocycles. The zero-order valence-electron chi connectivity index (χ0n) is 12.1. The van der Waals surface area contributed by atoms with Gasteiger partial charge in [0.2, 0.25) is 5.91 Å². The van der Waals surface area contributed by atoms with Crippen LogP contribution in [0.3, 0.4) is 0 Å². The second kappa shape index (κ2) is 11.0. The lowest BCUT2D eigenvalue weighted by molar-refractivity contribution is -0.143. The third-order valence-corrected chi connectivity index (χ3v) is 2.22. The van der Waals surface area contributed by atoms with Crippen molar-refractivity contribution in [2.24, 2.45) is 5.73 Å². The molecule has 1 atom stereocenters. The summed E-state index contributed by atoms with van der Waals surface area (Å²) in [7, 11) is 0. The summed E-state index contributed by atoms with van der Waals surface area (Å²) in [5.41, 5.74) is 4.53. The number of carbonyl (C=O) groups excluding carboxylic acids is 2. The highest BCUT2D eigenvalue weighted by Crippen LogP contribution is 2.10. The molecule has 0 aromatic rings. The average Bonchev–Trinajstić information content (AvgIpc) is 3.26. The van der Waals surface area contributed by atoms with Gasteiger partial charge < -0.3 is 19.9 Å². The maximum Gasteiger partial charge on any atom is 0.373 e. The molecular weight excluding hydrogens is 262 g/mol. The number of hydrogen-bond donors (Lipinski definition) is 1. The molecule has 0 aromatic carbocycles. The third kappa shape index (κ3) is 10.1. The van der Waals surface area contributed by atoms with Crippen molar-refractivity contribution in [3.63, 3.8) is 0 Å². The van der Waals surface area contributed by atoms with E-state index in [1.54, 1.807) is 13.0 Å². The molecule has 1 heterocycles. The van der Waals surface area contributed by atoms with E-state index in [1.807, 2.05) is 0 Å². The summed E-state index contributed by atoms with van der Waals surface area (Å²) in [6, 6.07) is 0. The first-order valence-electron chi connectivity index (χ1n) is 6.54. The zero-order valence-corrected chi connectivity index (χ0v) is 12.1. The minimum Gasteiger partial charge on any atom is -0.487 e. The van der Waals surface area contributed by atoms with E-state index in [9.17, 15) is 9.59 Å². The number of amides is 1. The van der Waals surface area contributed by atoms with Gasteiger partial charge in [0.15, 0.2) is 5.76 Å². The Kier molecular flexibility index (Phi) is 10.0. The molecule has 0 bridgehead atoms. The van der Waals surface area contributed by atoms with Gasteiger partial charge in [-0.15, -0.1) is 0 Å². The van der Waals surface area contributed by atoms with Crippen LogP contribution in [0.1, 0.15) is 26.7 Å². The van der Waals surface area contributed by atoms with Crippen molar-refractivity contribution in [1.29, 1.82) is 0 Å². The Balaban J connectivity index is 0.000000621. The van der Waals surface area contributed by atoms with Crippen molar-refractivity contribution < 1.29 is 23.8 Å². The predicted octanol–water partition coefficient (Wildman–Crippen LogP) is 1.31. The monoisotopic (exact) mass is 285 g/mol. The Labute approximate surface area is 119 Å². The molecule has 1 saturated heterocycles. The fourth-order valence-corrected chi connectivity index (χ4v) is 0.991. The fraction of sp³-hybridized carbons (Fsp3) is 0.571. The van der Waals surface area contributed by atoms with E-state index in [4.69, 9.17) is 14.2 Å². The highest BCUT2D eigenvalue weighted by atomic mass is 16.6. The van der Waals surface area contributed by atoms with E-state index in [0.717, 1.165) is 18.9 Å². The minimum absolute atomic E-state index is 0.0997. The molecule has 1 unspecified atom stereocenters. The Morgan fingerprint density at radius 2 is 2.05 bits per heavy atom. The number of hydrogen-bond acceptors (Lipinski definition) is 5. The normalized spacial score (nSPS) is 16.5. The number of esters is 1. The molecule has 1 aliphatic rings. The topological polar surface area (TPSA) is 91.2 Å². The number of nitrogens with two attached hydrogens (primary N) is 1. The van der Waals surface area contributed by atoms with Gasteiger partial charge in [-0.05, 0) is 25.5 Å². The Bertz CT molecular complexity index is 347. The first-order valence-corrected chi connectivity index (χ1v) is 6.54. The molecule has 20 heavy (non-hydrogen) atoms. The highest BCUT2D eigenvalue weighted by Gasteiger charge is 2.25. The van der Waals surface area contributed by atoms with Gasteiger partial charge in [-0.1, -0.05) is 19.9 Å². The highest BCUT2D eigenvalue weighted by molar-refractivity contribution is 5.86. The number of allylic oxidation sites excluding steroid dienone is 1. The molecule has 6 heteroatoms. The number of unbranched alkanes of at least 4 members (excludes halogenated alkanes) is 1. The van der Waals surface area contributed by atoms with Gasteiger partial charge >= 0.3 is 5.97 Å². The summed E-state index contributed by atoms with van der Waals surface area (Å²) in [5, 5.41) is 0. The predicted molar refractivity (Wildman–Crippen MR) is 74.7 cm³/mol. The summed E-state index contributed by atoms with van der Waals surface area (Å²) < 4.78 is 15.2. The lowest BCUT2D eigenvalue weighted by Crippen LogP contribution is -2.14. The van der Waals surface area contributed by atoms with Gasteiger partial charge in [0, 0.05) is 0 Å². The maximum absolute atomic E-state index is 11.4. The van der Waals surface area contributed by atoms with E-state index < -0.39 is 11.9 Å². The van der Waals surface area contributed by atoms with Crippen molar-refractivity contribution in [2.45, 2.75) is 32.8 Å². The SMILES string of the molecule is C=CC(N)=O.CC=C(OCCCC)C(=O)OCC1CO1. The first kappa shape index (κ1) is 18.2. The van der Waals surface area contributed by atoms with Crippen LogP contribution in [0.25, 0.3) is 0 Å². The molecule has 2 N–H and O–H groups in total.